The van der Waals surface area contributed by atoms with E-state index in [4.69, 9.17) is 17.3 Å². The zero-order chi connectivity index (χ0) is 14.0. The number of nitrogens with two attached hydrogens (primary N) is 1. The van der Waals surface area contributed by atoms with Gasteiger partial charge in [0.25, 0.3) is 0 Å². The maximum Gasteiger partial charge on any atom is 0.161 e. The van der Waals surface area contributed by atoms with E-state index in [0.717, 1.165) is 33.0 Å². The SMILES string of the molecule is CCCc1nc(-c2ccc(Br)c(Cl)c2)nc(N)c1Br. The Hall–Kier alpha value is -0.650. The fourth-order valence-corrected chi connectivity index (χ4v) is 2.48. The van der Waals surface area contributed by atoms with E-state index in [0.29, 0.717) is 16.7 Å². The molecule has 0 fully saturated rings. The van der Waals surface area contributed by atoms with Crippen LogP contribution in [0.25, 0.3) is 11.4 Å². The summed E-state index contributed by atoms with van der Waals surface area (Å²) in [5.74, 6) is 1.05. The van der Waals surface area contributed by atoms with Gasteiger partial charge in [-0.25, -0.2) is 9.97 Å². The third kappa shape index (κ3) is 3.27. The standard InChI is InChI=1S/C13H12Br2ClN3/c1-2-3-10-11(15)12(17)19-13(18-10)7-4-5-8(14)9(16)6-7/h4-6H,2-3H2,1H3,(H2,17,18,19). The Bertz CT molecular complexity index is 617. The Morgan fingerprint density at radius 2 is 2.00 bits per heavy atom. The monoisotopic (exact) mass is 403 g/mol. The third-order valence-electron chi connectivity index (χ3n) is 2.61. The lowest BCUT2D eigenvalue weighted by atomic mass is 10.2. The molecule has 2 N–H and O–H groups in total. The largest absolute Gasteiger partial charge is 0.383 e. The van der Waals surface area contributed by atoms with Crippen LogP contribution >= 0.6 is 43.5 Å². The summed E-state index contributed by atoms with van der Waals surface area (Å²) in [4.78, 5) is 8.85. The highest BCUT2D eigenvalue weighted by atomic mass is 79.9. The van der Waals surface area contributed by atoms with Crippen molar-refractivity contribution in [3.05, 3.63) is 37.9 Å². The lowest BCUT2D eigenvalue weighted by molar-refractivity contribution is 0.870. The molecule has 0 bridgehead atoms. The Morgan fingerprint density at radius 1 is 1.26 bits per heavy atom. The van der Waals surface area contributed by atoms with Crippen LogP contribution in [-0.4, -0.2) is 9.97 Å². The van der Waals surface area contributed by atoms with Gasteiger partial charge in [-0.05, 0) is 56.5 Å². The quantitative estimate of drug-likeness (QED) is 0.794. The second-order valence-corrected chi connectivity index (χ2v) is 6.13. The summed E-state index contributed by atoms with van der Waals surface area (Å²) in [6.07, 6.45) is 1.85. The van der Waals surface area contributed by atoms with Gasteiger partial charge in [0, 0.05) is 10.0 Å². The van der Waals surface area contributed by atoms with Gasteiger partial charge in [0.05, 0.1) is 15.2 Å². The molecule has 6 heteroatoms. The van der Waals surface area contributed by atoms with Crippen molar-refractivity contribution in [2.45, 2.75) is 19.8 Å². The van der Waals surface area contributed by atoms with E-state index in [2.05, 4.69) is 48.8 Å². The van der Waals surface area contributed by atoms with Crippen molar-refractivity contribution in [2.24, 2.45) is 0 Å². The van der Waals surface area contributed by atoms with Crippen molar-refractivity contribution in [1.82, 2.24) is 9.97 Å². The Kier molecular flexibility index (Phi) is 4.81. The van der Waals surface area contributed by atoms with Gasteiger partial charge < -0.3 is 5.73 Å². The smallest absolute Gasteiger partial charge is 0.161 e. The molecule has 0 aliphatic rings. The van der Waals surface area contributed by atoms with Crippen LogP contribution in [0.3, 0.4) is 0 Å². The first-order chi connectivity index (χ1) is 9.02. The molecule has 0 radical (unpaired) electrons. The van der Waals surface area contributed by atoms with Crippen LogP contribution in [0.15, 0.2) is 27.1 Å². The molecule has 0 unspecified atom stereocenters. The number of nitrogens with zero attached hydrogens (tertiary/aromatic N) is 2. The average Bonchev–Trinajstić information content (AvgIpc) is 2.38. The maximum absolute atomic E-state index is 6.09. The lowest BCUT2D eigenvalue weighted by Crippen LogP contribution is -2.02. The summed E-state index contributed by atoms with van der Waals surface area (Å²) in [6.45, 7) is 2.10. The molecule has 2 aromatic rings. The molecule has 2 rings (SSSR count). The van der Waals surface area contributed by atoms with Crippen LogP contribution in [-0.2, 0) is 6.42 Å². The fourth-order valence-electron chi connectivity index (χ4n) is 1.68. The molecule has 0 saturated heterocycles. The van der Waals surface area contributed by atoms with E-state index in [1.54, 1.807) is 0 Å². The van der Waals surface area contributed by atoms with Gasteiger partial charge in [0.2, 0.25) is 0 Å². The van der Waals surface area contributed by atoms with E-state index in [-0.39, 0.29) is 0 Å². The second-order valence-electron chi connectivity index (χ2n) is 4.07. The predicted molar refractivity (Wildman–Crippen MR) is 86.3 cm³/mol. The summed E-state index contributed by atoms with van der Waals surface area (Å²) in [7, 11) is 0. The summed E-state index contributed by atoms with van der Waals surface area (Å²) in [5.41, 5.74) is 7.69. The number of aryl methyl sites for hydroxylation is 1. The van der Waals surface area contributed by atoms with Gasteiger partial charge in [-0.15, -0.1) is 0 Å². The molecule has 1 aromatic heterocycles. The highest BCUT2D eigenvalue weighted by Crippen LogP contribution is 2.30. The first kappa shape index (κ1) is 14.8. The predicted octanol–water partition coefficient (Wildman–Crippen LogP) is 4.86. The first-order valence-electron chi connectivity index (χ1n) is 5.80. The third-order valence-corrected chi connectivity index (χ3v) is 4.71. The molecular weight excluding hydrogens is 393 g/mol. The zero-order valence-corrected chi connectivity index (χ0v) is 14.2. The normalized spacial score (nSPS) is 10.7. The van der Waals surface area contributed by atoms with E-state index in [1.807, 2.05) is 18.2 Å². The van der Waals surface area contributed by atoms with E-state index in [9.17, 15) is 0 Å². The maximum atomic E-state index is 6.09. The molecule has 0 saturated carbocycles. The van der Waals surface area contributed by atoms with Crippen molar-refractivity contribution >= 4 is 49.3 Å². The number of benzene rings is 1. The van der Waals surface area contributed by atoms with Crippen molar-refractivity contribution in [1.29, 1.82) is 0 Å². The number of rotatable bonds is 3. The number of aromatic nitrogens is 2. The Morgan fingerprint density at radius 3 is 2.63 bits per heavy atom. The highest BCUT2D eigenvalue weighted by molar-refractivity contribution is 9.11. The van der Waals surface area contributed by atoms with Crippen LogP contribution < -0.4 is 5.73 Å². The first-order valence-corrected chi connectivity index (χ1v) is 7.76. The molecule has 19 heavy (non-hydrogen) atoms. The van der Waals surface area contributed by atoms with Crippen molar-refractivity contribution in [3.8, 4) is 11.4 Å². The van der Waals surface area contributed by atoms with Crippen LogP contribution in [0.2, 0.25) is 5.02 Å². The minimum Gasteiger partial charge on any atom is -0.383 e. The van der Waals surface area contributed by atoms with E-state index < -0.39 is 0 Å². The molecule has 3 nitrogen and oxygen atoms in total. The summed E-state index contributed by atoms with van der Waals surface area (Å²) < 4.78 is 1.62. The molecule has 1 aromatic carbocycles. The highest BCUT2D eigenvalue weighted by Gasteiger charge is 2.11. The van der Waals surface area contributed by atoms with Crippen molar-refractivity contribution in [2.75, 3.05) is 5.73 Å². The molecular formula is C13H12Br2ClN3. The van der Waals surface area contributed by atoms with Crippen LogP contribution in [0, 0.1) is 0 Å². The molecule has 0 amide bonds. The van der Waals surface area contributed by atoms with Gasteiger partial charge in [-0.1, -0.05) is 24.9 Å². The minimum atomic E-state index is 0.451. The molecule has 1 heterocycles. The molecule has 0 spiro atoms. The van der Waals surface area contributed by atoms with Gasteiger partial charge in [-0.3, -0.25) is 0 Å². The van der Waals surface area contributed by atoms with Gasteiger partial charge >= 0.3 is 0 Å². The molecule has 0 aliphatic heterocycles. The van der Waals surface area contributed by atoms with Crippen molar-refractivity contribution in [3.63, 3.8) is 0 Å². The fraction of sp³-hybridized carbons (Fsp3) is 0.231. The second kappa shape index (κ2) is 6.20. The summed E-state index contributed by atoms with van der Waals surface area (Å²) >= 11 is 12.9. The van der Waals surface area contributed by atoms with Crippen LogP contribution in [0.4, 0.5) is 5.82 Å². The van der Waals surface area contributed by atoms with Gasteiger partial charge in [-0.2, -0.15) is 0 Å². The number of anilines is 1. The van der Waals surface area contributed by atoms with E-state index in [1.165, 1.54) is 0 Å². The van der Waals surface area contributed by atoms with Gasteiger partial charge in [0.1, 0.15) is 5.82 Å². The summed E-state index contributed by atoms with van der Waals surface area (Å²) in [5, 5.41) is 0.625. The molecule has 100 valence electrons. The lowest BCUT2D eigenvalue weighted by Gasteiger charge is -2.09. The number of halogens is 3. The minimum absolute atomic E-state index is 0.451. The number of hydrogen-bond donors (Lipinski definition) is 1. The van der Waals surface area contributed by atoms with Crippen LogP contribution in [0.1, 0.15) is 19.0 Å². The molecule has 0 atom stereocenters. The topological polar surface area (TPSA) is 51.8 Å². The number of nitrogen functional groups attached to an aromatic ring is 1. The number of hydrogen-bond acceptors (Lipinski definition) is 3. The Labute approximate surface area is 133 Å². The zero-order valence-electron chi connectivity index (χ0n) is 10.3. The average molecular weight is 406 g/mol. The molecule has 0 aliphatic carbocycles. The van der Waals surface area contributed by atoms with E-state index >= 15 is 0 Å². The van der Waals surface area contributed by atoms with Gasteiger partial charge in [0.15, 0.2) is 5.82 Å². The summed E-state index contributed by atoms with van der Waals surface area (Å²) in [6, 6.07) is 5.61. The van der Waals surface area contributed by atoms with Crippen LogP contribution in [0.5, 0.6) is 0 Å². The van der Waals surface area contributed by atoms with Crippen molar-refractivity contribution < 1.29 is 0 Å². The Balaban J connectivity index is 2.52.